The Morgan fingerprint density at radius 1 is 1.14 bits per heavy atom. The molecule has 3 aliphatic carbocycles. The monoisotopic (exact) mass is 300 g/mol. The summed E-state index contributed by atoms with van der Waals surface area (Å²) in [5.41, 5.74) is 2.71. The lowest BCUT2D eigenvalue weighted by atomic mass is 9.53. The minimum atomic E-state index is -0.469. The number of rotatable bonds is 1. The molecule has 3 aliphatic rings. The molecule has 1 aromatic rings. The van der Waals surface area contributed by atoms with Gasteiger partial charge in [0.1, 0.15) is 5.75 Å². The van der Waals surface area contributed by atoms with E-state index in [1.54, 1.807) is 12.7 Å². The summed E-state index contributed by atoms with van der Waals surface area (Å²) in [6, 6.07) is 6.67. The SMILES string of the molecule is COc1ccc2c(c1)CC[C@H]1[C@H]2CC[C@@]2(C)[C@H]1CC[C@@]2(C)O. The van der Waals surface area contributed by atoms with E-state index in [9.17, 15) is 5.11 Å². The largest absolute Gasteiger partial charge is 0.497 e. The van der Waals surface area contributed by atoms with Gasteiger partial charge in [-0.1, -0.05) is 13.0 Å². The average molecular weight is 300 g/mol. The summed E-state index contributed by atoms with van der Waals surface area (Å²) in [4.78, 5) is 0. The Morgan fingerprint density at radius 3 is 2.73 bits per heavy atom. The molecular formula is C20H28O2. The van der Waals surface area contributed by atoms with Crippen molar-refractivity contribution in [2.24, 2.45) is 17.3 Å². The van der Waals surface area contributed by atoms with Gasteiger partial charge in [0, 0.05) is 0 Å². The molecule has 0 unspecified atom stereocenters. The number of methoxy groups -OCH3 is 1. The van der Waals surface area contributed by atoms with Crippen molar-refractivity contribution in [1.29, 1.82) is 0 Å². The Bertz CT molecular complexity index is 591. The number of hydrogen-bond donors (Lipinski definition) is 1. The van der Waals surface area contributed by atoms with Gasteiger partial charge in [-0.25, -0.2) is 0 Å². The molecule has 0 radical (unpaired) electrons. The van der Waals surface area contributed by atoms with Crippen LogP contribution in [0.25, 0.3) is 0 Å². The summed E-state index contributed by atoms with van der Waals surface area (Å²) in [6.07, 6.45) is 7.02. The van der Waals surface area contributed by atoms with E-state index in [1.807, 2.05) is 0 Å². The van der Waals surface area contributed by atoms with Crippen molar-refractivity contribution < 1.29 is 9.84 Å². The van der Waals surface area contributed by atoms with Crippen molar-refractivity contribution in [2.45, 2.75) is 63.9 Å². The molecule has 0 spiro atoms. The zero-order chi connectivity index (χ0) is 15.5. The van der Waals surface area contributed by atoms with E-state index in [0.29, 0.717) is 11.8 Å². The predicted octanol–water partition coefficient (Wildman–Crippen LogP) is 4.30. The first-order chi connectivity index (χ1) is 10.5. The van der Waals surface area contributed by atoms with Crippen LogP contribution >= 0.6 is 0 Å². The van der Waals surface area contributed by atoms with Crippen LogP contribution in [0.1, 0.15) is 63.0 Å². The van der Waals surface area contributed by atoms with Crippen molar-refractivity contribution in [3.8, 4) is 5.75 Å². The van der Waals surface area contributed by atoms with E-state index in [-0.39, 0.29) is 5.41 Å². The smallest absolute Gasteiger partial charge is 0.119 e. The fraction of sp³-hybridized carbons (Fsp3) is 0.700. The van der Waals surface area contributed by atoms with Crippen LogP contribution < -0.4 is 4.74 Å². The normalized spacial score (nSPS) is 43.2. The lowest BCUT2D eigenvalue weighted by Gasteiger charge is -2.52. The average Bonchev–Trinajstić information content (AvgIpc) is 2.76. The number of aliphatic hydroxyl groups is 1. The van der Waals surface area contributed by atoms with E-state index in [4.69, 9.17) is 4.74 Å². The second kappa shape index (κ2) is 4.74. The Hall–Kier alpha value is -1.02. The highest BCUT2D eigenvalue weighted by molar-refractivity contribution is 5.40. The van der Waals surface area contributed by atoms with Crippen LogP contribution in [0.2, 0.25) is 0 Å². The molecule has 0 heterocycles. The van der Waals surface area contributed by atoms with Crippen LogP contribution in [0, 0.1) is 17.3 Å². The standard InChI is InChI=1S/C20H28O2/c1-19-10-8-16-15-7-5-14(22-3)12-13(15)4-6-17(16)18(19)9-11-20(19,2)21/h5,7,12,16-18,21H,4,6,8-11H2,1-3H3/t16-,17-,18-,19-,20+/m0/s1. The Balaban J connectivity index is 1.69. The summed E-state index contributed by atoms with van der Waals surface area (Å²) in [7, 11) is 1.75. The molecule has 2 fully saturated rings. The highest BCUT2D eigenvalue weighted by atomic mass is 16.5. The van der Waals surface area contributed by atoms with Crippen LogP contribution in [0.15, 0.2) is 18.2 Å². The van der Waals surface area contributed by atoms with Crippen molar-refractivity contribution in [2.75, 3.05) is 7.11 Å². The third kappa shape index (κ3) is 1.83. The van der Waals surface area contributed by atoms with E-state index >= 15 is 0 Å². The number of aryl methyl sites for hydroxylation is 1. The molecule has 2 saturated carbocycles. The fourth-order valence-electron chi connectivity index (χ4n) is 5.93. The third-order valence-corrected chi connectivity index (χ3v) is 7.50. The molecule has 120 valence electrons. The zero-order valence-electron chi connectivity index (χ0n) is 14.1. The van der Waals surface area contributed by atoms with Crippen LogP contribution in [0.5, 0.6) is 5.75 Å². The number of fused-ring (bicyclic) bond motifs is 5. The quantitative estimate of drug-likeness (QED) is 0.838. The minimum Gasteiger partial charge on any atom is -0.497 e. The molecule has 0 aliphatic heterocycles. The predicted molar refractivity (Wildman–Crippen MR) is 88.2 cm³/mol. The Morgan fingerprint density at radius 2 is 1.95 bits per heavy atom. The number of ether oxygens (including phenoxy) is 1. The summed E-state index contributed by atoms with van der Waals surface area (Å²) < 4.78 is 5.40. The van der Waals surface area contributed by atoms with Crippen LogP contribution in [0.3, 0.4) is 0 Å². The lowest BCUT2D eigenvalue weighted by molar-refractivity contribution is -0.0901. The summed E-state index contributed by atoms with van der Waals surface area (Å²) in [5, 5.41) is 10.9. The third-order valence-electron chi connectivity index (χ3n) is 7.50. The van der Waals surface area contributed by atoms with Crippen molar-refractivity contribution in [1.82, 2.24) is 0 Å². The zero-order valence-corrected chi connectivity index (χ0v) is 14.1. The van der Waals surface area contributed by atoms with Gasteiger partial charge in [-0.3, -0.25) is 0 Å². The fourth-order valence-corrected chi connectivity index (χ4v) is 5.93. The van der Waals surface area contributed by atoms with E-state index in [2.05, 4.69) is 32.0 Å². The van der Waals surface area contributed by atoms with Gasteiger partial charge in [0.05, 0.1) is 12.7 Å². The summed E-state index contributed by atoms with van der Waals surface area (Å²) in [5.74, 6) is 3.13. The van der Waals surface area contributed by atoms with Crippen LogP contribution in [-0.2, 0) is 6.42 Å². The maximum absolute atomic E-state index is 10.9. The number of hydrogen-bond acceptors (Lipinski definition) is 2. The second-order valence-corrected chi connectivity index (χ2v) is 8.25. The molecule has 1 aromatic carbocycles. The maximum atomic E-state index is 10.9. The molecule has 5 atom stereocenters. The molecule has 0 amide bonds. The topological polar surface area (TPSA) is 29.5 Å². The second-order valence-electron chi connectivity index (χ2n) is 8.25. The first-order valence-electron chi connectivity index (χ1n) is 8.85. The van der Waals surface area contributed by atoms with Crippen molar-refractivity contribution in [3.63, 3.8) is 0 Å². The molecule has 2 heteroatoms. The Kier molecular flexibility index (Phi) is 3.14. The van der Waals surface area contributed by atoms with Crippen LogP contribution in [0.4, 0.5) is 0 Å². The van der Waals surface area contributed by atoms with Gasteiger partial charge < -0.3 is 9.84 Å². The summed E-state index contributed by atoms with van der Waals surface area (Å²) in [6.45, 7) is 4.43. The van der Waals surface area contributed by atoms with Crippen molar-refractivity contribution in [3.05, 3.63) is 29.3 Å². The van der Waals surface area contributed by atoms with Gasteiger partial charge in [-0.15, -0.1) is 0 Å². The molecule has 22 heavy (non-hydrogen) atoms. The molecule has 0 bridgehead atoms. The maximum Gasteiger partial charge on any atom is 0.119 e. The van der Waals surface area contributed by atoms with Gasteiger partial charge in [0.25, 0.3) is 0 Å². The first kappa shape index (κ1) is 14.6. The molecule has 1 N–H and O–H groups in total. The highest BCUT2D eigenvalue weighted by Crippen LogP contribution is 2.64. The summed E-state index contributed by atoms with van der Waals surface area (Å²) >= 11 is 0. The van der Waals surface area contributed by atoms with Gasteiger partial charge in [-0.2, -0.15) is 0 Å². The molecule has 4 rings (SSSR count). The lowest BCUT2D eigenvalue weighted by Crippen LogP contribution is -2.49. The van der Waals surface area contributed by atoms with Gasteiger partial charge in [0.2, 0.25) is 0 Å². The van der Waals surface area contributed by atoms with E-state index < -0.39 is 5.60 Å². The van der Waals surface area contributed by atoms with Gasteiger partial charge in [0.15, 0.2) is 0 Å². The molecule has 0 aromatic heterocycles. The van der Waals surface area contributed by atoms with Crippen molar-refractivity contribution >= 4 is 0 Å². The van der Waals surface area contributed by atoms with Crippen LogP contribution in [-0.4, -0.2) is 17.8 Å². The molecule has 0 saturated heterocycles. The minimum absolute atomic E-state index is 0.123. The van der Waals surface area contributed by atoms with E-state index in [0.717, 1.165) is 24.5 Å². The molecule has 2 nitrogen and oxygen atoms in total. The molecular weight excluding hydrogens is 272 g/mol. The number of benzene rings is 1. The van der Waals surface area contributed by atoms with Gasteiger partial charge in [-0.05, 0) is 91.9 Å². The highest BCUT2D eigenvalue weighted by Gasteiger charge is 2.59. The van der Waals surface area contributed by atoms with Gasteiger partial charge >= 0.3 is 0 Å². The first-order valence-corrected chi connectivity index (χ1v) is 8.85. The van der Waals surface area contributed by atoms with E-state index in [1.165, 1.54) is 31.2 Å². The Labute approximate surface area is 133 Å².